The zero-order valence-corrected chi connectivity index (χ0v) is 16.0. The van der Waals surface area contributed by atoms with Gasteiger partial charge < -0.3 is 10.2 Å². The Kier molecular flexibility index (Phi) is 8.73. The fraction of sp³-hybridized carbons (Fsp3) is 0.900. The van der Waals surface area contributed by atoms with Crippen LogP contribution in [0, 0.1) is 46.3 Å². The second kappa shape index (κ2) is 8.94. The third-order valence-corrected chi connectivity index (χ3v) is 5.70. The molecule has 0 aliphatic carbocycles. The molecular formula is C20H38O2. The first kappa shape index (κ1) is 21.5. The summed E-state index contributed by atoms with van der Waals surface area (Å²) in [7, 11) is 0. The fourth-order valence-electron chi connectivity index (χ4n) is 3.79. The summed E-state index contributed by atoms with van der Waals surface area (Å²) < 4.78 is 0. The summed E-state index contributed by atoms with van der Waals surface area (Å²) in [6.45, 7) is 17.9. The molecule has 2 heteroatoms. The highest BCUT2D eigenvalue weighted by atomic mass is 16.3. The van der Waals surface area contributed by atoms with E-state index in [2.05, 4.69) is 67.2 Å². The molecule has 0 heterocycles. The van der Waals surface area contributed by atoms with E-state index in [9.17, 15) is 10.2 Å². The highest BCUT2D eigenvalue weighted by Crippen LogP contribution is 2.42. The van der Waals surface area contributed by atoms with Crippen LogP contribution in [0.3, 0.4) is 0 Å². The van der Waals surface area contributed by atoms with Crippen molar-refractivity contribution in [3.8, 4) is 11.8 Å². The minimum Gasteiger partial charge on any atom is -0.396 e. The first-order valence-electron chi connectivity index (χ1n) is 8.86. The average molecular weight is 311 g/mol. The van der Waals surface area contributed by atoms with Gasteiger partial charge in [0.2, 0.25) is 0 Å². The summed E-state index contributed by atoms with van der Waals surface area (Å²) in [5, 5.41) is 19.1. The SMILES string of the molecule is CC(C)C(C#CC(CCO)(C(C)C)C(C)C)(CCO)C(C)C. The van der Waals surface area contributed by atoms with Gasteiger partial charge in [-0.1, -0.05) is 67.2 Å². The number of aliphatic hydroxyl groups is 2. The van der Waals surface area contributed by atoms with Gasteiger partial charge in [0.25, 0.3) is 0 Å². The number of hydrogen-bond donors (Lipinski definition) is 2. The van der Waals surface area contributed by atoms with E-state index >= 15 is 0 Å². The van der Waals surface area contributed by atoms with Gasteiger partial charge >= 0.3 is 0 Å². The molecule has 0 aromatic rings. The van der Waals surface area contributed by atoms with Crippen molar-refractivity contribution < 1.29 is 10.2 Å². The maximum Gasteiger partial charge on any atom is 0.0445 e. The van der Waals surface area contributed by atoms with Gasteiger partial charge in [0.05, 0.1) is 0 Å². The lowest BCUT2D eigenvalue weighted by Gasteiger charge is -2.40. The molecule has 0 spiro atoms. The predicted octanol–water partition coefficient (Wildman–Crippen LogP) is 4.35. The summed E-state index contributed by atoms with van der Waals surface area (Å²) in [6, 6.07) is 0. The van der Waals surface area contributed by atoms with Gasteiger partial charge in [0, 0.05) is 24.0 Å². The van der Waals surface area contributed by atoms with E-state index in [4.69, 9.17) is 0 Å². The van der Waals surface area contributed by atoms with Crippen molar-refractivity contribution in [2.24, 2.45) is 34.5 Å². The van der Waals surface area contributed by atoms with Crippen molar-refractivity contribution in [1.82, 2.24) is 0 Å². The van der Waals surface area contributed by atoms with Crippen LogP contribution in [-0.2, 0) is 0 Å². The minimum atomic E-state index is -0.167. The van der Waals surface area contributed by atoms with Crippen molar-refractivity contribution in [1.29, 1.82) is 0 Å². The van der Waals surface area contributed by atoms with E-state index in [0.717, 1.165) is 0 Å². The Bertz CT molecular complexity index is 319. The molecule has 0 aromatic heterocycles. The monoisotopic (exact) mass is 310 g/mol. The Labute approximate surface area is 138 Å². The molecule has 0 aliphatic heterocycles. The third kappa shape index (κ3) is 4.49. The number of hydrogen-bond acceptors (Lipinski definition) is 2. The summed E-state index contributed by atoms with van der Waals surface area (Å²) in [6.07, 6.45) is 1.42. The molecule has 0 rings (SSSR count). The molecule has 0 saturated heterocycles. The molecule has 0 aliphatic rings. The molecule has 130 valence electrons. The summed E-state index contributed by atoms with van der Waals surface area (Å²) in [5.41, 5.74) is -0.335. The first-order chi connectivity index (χ1) is 10.1. The van der Waals surface area contributed by atoms with E-state index in [1.54, 1.807) is 0 Å². The first-order valence-corrected chi connectivity index (χ1v) is 8.86. The van der Waals surface area contributed by atoms with Crippen LogP contribution < -0.4 is 0 Å². The third-order valence-electron chi connectivity index (χ3n) is 5.70. The summed E-state index contributed by atoms with van der Waals surface area (Å²) in [5.74, 6) is 8.75. The van der Waals surface area contributed by atoms with E-state index < -0.39 is 0 Å². The van der Waals surface area contributed by atoms with E-state index in [1.807, 2.05) is 0 Å². The van der Waals surface area contributed by atoms with Crippen LogP contribution in [-0.4, -0.2) is 23.4 Å². The molecule has 2 nitrogen and oxygen atoms in total. The molecule has 0 atom stereocenters. The van der Waals surface area contributed by atoms with Crippen molar-refractivity contribution in [3.05, 3.63) is 0 Å². The molecule has 2 N–H and O–H groups in total. The Morgan fingerprint density at radius 2 is 0.818 bits per heavy atom. The van der Waals surface area contributed by atoms with Gasteiger partial charge in [-0.05, 0) is 36.5 Å². The Morgan fingerprint density at radius 1 is 0.591 bits per heavy atom. The predicted molar refractivity (Wildman–Crippen MR) is 95.4 cm³/mol. The zero-order chi connectivity index (χ0) is 17.6. The molecule has 0 fully saturated rings. The van der Waals surface area contributed by atoms with Gasteiger partial charge in [-0.2, -0.15) is 0 Å². The van der Waals surface area contributed by atoms with Crippen LogP contribution in [0.15, 0.2) is 0 Å². The Morgan fingerprint density at radius 3 is 0.955 bits per heavy atom. The number of aliphatic hydroxyl groups excluding tert-OH is 2. The second-order valence-electron chi connectivity index (χ2n) is 7.90. The van der Waals surface area contributed by atoms with E-state index in [0.29, 0.717) is 36.5 Å². The molecule has 0 saturated carbocycles. The maximum atomic E-state index is 9.54. The van der Waals surface area contributed by atoms with E-state index in [-0.39, 0.29) is 24.0 Å². The Hall–Kier alpha value is -0.520. The van der Waals surface area contributed by atoms with Crippen LogP contribution in [0.25, 0.3) is 0 Å². The topological polar surface area (TPSA) is 40.5 Å². The van der Waals surface area contributed by atoms with Crippen LogP contribution >= 0.6 is 0 Å². The summed E-state index contributed by atoms with van der Waals surface area (Å²) in [4.78, 5) is 0. The van der Waals surface area contributed by atoms with Crippen LogP contribution in [0.1, 0.15) is 68.2 Å². The van der Waals surface area contributed by atoms with Gasteiger partial charge in [-0.3, -0.25) is 0 Å². The average Bonchev–Trinajstić information content (AvgIpc) is 2.40. The minimum absolute atomic E-state index is 0.167. The van der Waals surface area contributed by atoms with Crippen molar-refractivity contribution in [2.75, 3.05) is 13.2 Å². The molecule has 0 amide bonds. The van der Waals surface area contributed by atoms with Gasteiger partial charge in [0.1, 0.15) is 0 Å². The van der Waals surface area contributed by atoms with E-state index in [1.165, 1.54) is 0 Å². The highest BCUT2D eigenvalue weighted by Gasteiger charge is 2.38. The lowest BCUT2D eigenvalue weighted by atomic mass is 9.64. The largest absolute Gasteiger partial charge is 0.396 e. The normalized spacial score (nSPS) is 13.2. The zero-order valence-electron chi connectivity index (χ0n) is 16.0. The quantitative estimate of drug-likeness (QED) is 0.654. The van der Waals surface area contributed by atoms with Gasteiger partial charge in [-0.15, -0.1) is 0 Å². The molecular weight excluding hydrogens is 272 g/mol. The molecule has 22 heavy (non-hydrogen) atoms. The van der Waals surface area contributed by atoms with Crippen molar-refractivity contribution in [2.45, 2.75) is 68.2 Å². The molecule has 0 bridgehead atoms. The second-order valence-corrected chi connectivity index (χ2v) is 7.90. The lowest BCUT2D eigenvalue weighted by Crippen LogP contribution is -2.36. The summed E-state index contributed by atoms with van der Waals surface area (Å²) >= 11 is 0. The molecule has 0 aromatic carbocycles. The Balaban J connectivity index is 6.00. The standard InChI is InChI=1S/C20H38O2/c1-15(2)19(11-13-21,16(3)4)9-10-20(12-14-22,17(5)6)18(7)8/h15-18,21-22H,11-14H2,1-8H3. The van der Waals surface area contributed by atoms with Gasteiger partial charge in [0.15, 0.2) is 0 Å². The fourth-order valence-corrected chi connectivity index (χ4v) is 3.79. The van der Waals surface area contributed by atoms with Crippen molar-refractivity contribution in [3.63, 3.8) is 0 Å². The molecule has 0 radical (unpaired) electrons. The maximum absolute atomic E-state index is 9.54. The molecule has 0 unspecified atom stereocenters. The van der Waals surface area contributed by atoms with Crippen molar-refractivity contribution >= 4 is 0 Å². The van der Waals surface area contributed by atoms with Crippen LogP contribution in [0.4, 0.5) is 0 Å². The van der Waals surface area contributed by atoms with Gasteiger partial charge in [-0.25, -0.2) is 0 Å². The highest BCUT2D eigenvalue weighted by molar-refractivity contribution is 5.22. The lowest BCUT2D eigenvalue weighted by molar-refractivity contribution is 0.121. The number of rotatable bonds is 8. The van der Waals surface area contributed by atoms with Crippen LogP contribution in [0.5, 0.6) is 0 Å². The smallest absolute Gasteiger partial charge is 0.0445 e. The van der Waals surface area contributed by atoms with Crippen LogP contribution in [0.2, 0.25) is 0 Å².